The fourth-order valence-corrected chi connectivity index (χ4v) is 4.49. The lowest BCUT2D eigenvalue weighted by molar-refractivity contribution is -0.143. The van der Waals surface area contributed by atoms with Crippen LogP contribution in [0.1, 0.15) is 57.2 Å². The Morgan fingerprint density at radius 3 is 2.18 bits per heavy atom. The topological polar surface area (TPSA) is 58.6 Å². The smallest absolute Gasteiger partial charge is 0.261 e. The van der Waals surface area contributed by atoms with E-state index in [0.717, 1.165) is 5.56 Å². The summed E-state index contributed by atoms with van der Waals surface area (Å²) in [6.45, 7) is 9.88. The van der Waals surface area contributed by atoms with Crippen LogP contribution in [0, 0.1) is 0 Å². The van der Waals surface area contributed by atoms with Crippen molar-refractivity contribution in [1.29, 1.82) is 0 Å². The van der Waals surface area contributed by atoms with Gasteiger partial charge in [0.1, 0.15) is 11.8 Å². The van der Waals surface area contributed by atoms with Crippen LogP contribution in [0.4, 0.5) is 0 Å². The molecule has 3 rings (SSSR count). The van der Waals surface area contributed by atoms with Crippen LogP contribution < -0.4 is 10.1 Å². The van der Waals surface area contributed by atoms with Crippen molar-refractivity contribution in [3.63, 3.8) is 0 Å². The Morgan fingerprint density at radius 1 is 0.947 bits per heavy atom. The van der Waals surface area contributed by atoms with E-state index >= 15 is 0 Å². The van der Waals surface area contributed by atoms with Gasteiger partial charge in [-0.3, -0.25) is 9.59 Å². The van der Waals surface area contributed by atoms with E-state index in [1.54, 1.807) is 23.1 Å². The summed E-state index contributed by atoms with van der Waals surface area (Å²) in [4.78, 5) is 28.9. The number of benzene rings is 3. The molecule has 38 heavy (non-hydrogen) atoms. The third-order valence-electron chi connectivity index (χ3n) is 6.03. The van der Waals surface area contributed by atoms with E-state index in [1.165, 1.54) is 5.56 Å². The Bertz CT molecular complexity index is 1220. The van der Waals surface area contributed by atoms with E-state index in [0.29, 0.717) is 33.7 Å². The van der Waals surface area contributed by atoms with Gasteiger partial charge in [-0.05, 0) is 67.6 Å². The van der Waals surface area contributed by atoms with Gasteiger partial charge in [-0.2, -0.15) is 0 Å². The second-order valence-electron chi connectivity index (χ2n) is 10.7. The van der Waals surface area contributed by atoms with E-state index in [1.807, 2.05) is 75.4 Å². The molecule has 3 aromatic carbocycles. The van der Waals surface area contributed by atoms with Crippen molar-refractivity contribution < 1.29 is 14.3 Å². The lowest BCUT2D eigenvalue weighted by Gasteiger charge is -2.34. The van der Waals surface area contributed by atoms with Crippen molar-refractivity contribution in [3.8, 4) is 5.75 Å². The Balaban J connectivity index is 1.93. The minimum atomic E-state index is -0.789. The van der Waals surface area contributed by atoms with Gasteiger partial charge in [0.05, 0.1) is 0 Å². The van der Waals surface area contributed by atoms with Crippen LogP contribution in [0.15, 0.2) is 72.8 Å². The Kier molecular flexibility index (Phi) is 10.2. The zero-order valence-corrected chi connectivity index (χ0v) is 24.1. The van der Waals surface area contributed by atoms with Crippen molar-refractivity contribution in [2.45, 2.75) is 65.1 Å². The van der Waals surface area contributed by atoms with Crippen LogP contribution in [-0.2, 0) is 22.6 Å². The van der Waals surface area contributed by atoms with Crippen molar-refractivity contribution in [1.82, 2.24) is 10.2 Å². The molecule has 0 aliphatic rings. The van der Waals surface area contributed by atoms with Gasteiger partial charge in [-0.25, -0.2) is 0 Å². The number of nitrogens with one attached hydrogen (secondary N) is 1. The molecule has 0 bridgehead atoms. The molecule has 1 atom stereocenters. The molecule has 0 radical (unpaired) electrons. The first kappa shape index (κ1) is 29.5. The summed E-state index contributed by atoms with van der Waals surface area (Å²) in [6.07, 6.45) is 0.336. The highest BCUT2D eigenvalue weighted by atomic mass is 35.5. The summed E-state index contributed by atoms with van der Waals surface area (Å²) in [5, 5.41) is 3.97. The summed E-state index contributed by atoms with van der Waals surface area (Å²) in [6, 6.07) is 21.7. The Labute approximate surface area is 236 Å². The summed E-state index contributed by atoms with van der Waals surface area (Å²) in [7, 11) is 0. The van der Waals surface area contributed by atoms with Gasteiger partial charge in [0, 0.05) is 28.5 Å². The third kappa shape index (κ3) is 8.78. The number of carbonyl (C=O) groups is 2. The quantitative estimate of drug-likeness (QED) is 0.292. The van der Waals surface area contributed by atoms with Gasteiger partial charge in [0.15, 0.2) is 6.61 Å². The van der Waals surface area contributed by atoms with Gasteiger partial charge in [0.2, 0.25) is 5.91 Å². The molecular weight excluding hydrogens is 519 g/mol. The van der Waals surface area contributed by atoms with Crippen LogP contribution in [0.5, 0.6) is 5.75 Å². The molecule has 0 aliphatic carbocycles. The maximum absolute atomic E-state index is 13.7. The second kappa shape index (κ2) is 13.2. The first-order valence-corrected chi connectivity index (χ1v) is 13.5. The first-order chi connectivity index (χ1) is 17.9. The average molecular weight is 556 g/mol. The van der Waals surface area contributed by atoms with Crippen LogP contribution in [0.2, 0.25) is 10.0 Å². The van der Waals surface area contributed by atoms with Gasteiger partial charge < -0.3 is 15.0 Å². The molecule has 7 heteroatoms. The number of rotatable bonds is 10. The van der Waals surface area contributed by atoms with Crippen molar-refractivity contribution in [3.05, 3.63) is 99.5 Å². The maximum Gasteiger partial charge on any atom is 0.261 e. The summed E-state index contributed by atoms with van der Waals surface area (Å²) < 4.78 is 5.87. The minimum Gasteiger partial charge on any atom is -0.484 e. The molecule has 1 N–H and O–H groups in total. The van der Waals surface area contributed by atoms with Crippen LogP contribution in [-0.4, -0.2) is 34.9 Å². The number of carbonyl (C=O) groups excluding carboxylic acids is 2. The van der Waals surface area contributed by atoms with Crippen molar-refractivity contribution >= 4 is 35.0 Å². The summed E-state index contributed by atoms with van der Waals surface area (Å²) >= 11 is 12.6. The highest BCUT2D eigenvalue weighted by Gasteiger charge is 2.32. The normalized spacial score (nSPS) is 12.2. The number of nitrogens with zero attached hydrogens (tertiary/aromatic N) is 1. The molecule has 0 saturated heterocycles. The number of ether oxygens (including phenoxy) is 1. The standard InChI is InChI=1S/C31H36Cl2N2O3/c1-21(2)23-12-15-26(16-13-23)38-20-29(36)35(19-24-11-14-25(32)18-27(24)33)28(30(37)34-31(3,4)5)17-22-9-7-6-8-10-22/h6-16,18,21,28H,17,19-20H2,1-5H3,(H,34,37)/t28-/m0/s1. The molecule has 5 nitrogen and oxygen atoms in total. The highest BCUT2D eigenvalue weighted by Crippen LogP contribution is 2.25. The molecule has 3 aromatic rings. The number of hydrogen-bond acceptors (Lipinski definition) is 3. The SMILES string of the molecule is CC(C)c1ccc(OCC(=O)N(Cc2ccc(Cl)cc2Cl)[C@@H](Cc2ccccc2)C(=O)NC(C)(C)C)cc1. The lowest BCUT2D eigenvalue weighted by atomic mass is 10.0. The van der Waals surface area contributed by atoms with E-state index < -0.39 is 11.6 Å². The molecule has 0 saturated carbocycles. The third-order valence-corrected chi connectivity index (χ3v) is 6.62. The Hall–Kier alpha value is -3.02. The number of amides is 2. The van der Waals surface area contributed by atoms with Gasteiger partial charge >= 0.3 is 0 Å². The predicted octanol–water partition coefficient (Wildman–Crippen LogP) is 7.05. The van der Waals surface area contributed by atoms with Gasteiger partial charge in [-0.15, -0.1) is 0 Å². The van der Waals surface area contributed by atoms with Crippen LogP contribution in [0.25, 0.3) is 0 Å². The van der Waals surface area contributed by atoms with Gasteiger partial charge in [-0.1, -0.05) is 85.6 Å². The minimum absolute atomic E-state index is 0.125. The molecule has 0 aliphatic heterocycles. The molecule has 0 fully saturated rings. The zero-order valence-electron chi connectivity index (χ0n) is 22.6. The van der Waals surface area contributed by atoms with E-state index in [2.05, 4.69) is 19.2 Å². The predicted molar refractivity (Wildman–Crippen MR) is 155 cm³/mol. The van der Waals surface area contributed by atoms with Crippen molar-refractivity contribution in [2.24, 2.45) is 0 Å². The van der Waals surface area contributed by atoms with Gasteiger partial charge in [0.25, 0.3) is 5.91 Å². The van der Waals surface area contributed by atoms with Crippen molar-refractivity contribution in [2.75, 3.05) is 6.61 Å². The molecule has 202 valence electrons. The summed E-state index contributed by atoms with van der Waals surface area (Å²) in [5.41, 5.74) is 2.33. The van der Waals surface area contributed by atoms with E-state index in [-0.39, 0.29) is 25.0 Å². The molecule has 0 spiro atoms. The van der Waals surface area contributed by atoms with Crippen LogP contribution in [0.3, 0.4) is 0 Å². The number of halogens is 2. The molecule has 0 unspecified atom stereocenters. The number of hydrogen-bond donors (Lipinski definition) is 1. The molecule has 2 amide bonds. The zero-order chi connectivity index (χ0) is 27.9. The van der Waals surface area contributed by atoms with Crippen LogP contribution >= 0.6 is 23.2 Å². The van der Waals surface area contributed by atoms with E-state index in [4.69, 9.17) is 27.9 Å². The fraction of sp³-hybridized carbons (Fsp3) is 0.355. The maximum atomic E-state index is 13.7. The summed E-state index contributed by atoms with van der Waals surface area (Å²) in [5.74, 6) is 0.409. The molecule has 0 heterocycles. The molecule has 0 aromatic heterocycles. The highest BCUT2D eigenvalue weighted by molar-refractivity contribution is 6.35. The average Bonchev–Trinajstić information content (AvgIpc) is 2.85. The van der Waals surface area contributed by atoms with E-state index in [9.17, 15) is 9.59 Å². The fourth-order valence-electron chi connectivity index (χ4n) is 4.02. The Morgan fingerprint density at radius 2 is 1.61 bits per heavy atom. The second-order valence-corrected chi connectivity index (χ2v) is 11.6. The lowest BCUT2D eigenvalue weighted by Crippen LogP contribution is -2.55. The largest absolute Gasteiger partial charge is 0.484 e. The monoisotopic (exact) mass is 554 g/mol. The first-order valence-electron chi connectivity index (χ1n) is 12.7. The molecular formula is C31H36Cl2N2O3.